The standard InChI is InChI=1S/C15H19F3N2S/c16-15(17,18)12-7-4-8-20(9-12)10-13(14(19)21)11-5-2-1-3-6-11/h1-3,5-6,12-13H,4,7-10H2,(H2,19,21). The van der Waals surface area contributed by atoms with Crippen LogP contribution in [0.15, 0.2) is 30.3 Å². The Labute approximate surface area is 128 Å². The fourth-order valence-corrected chi connectivity index (χ4v) is 3.00. The quantitative estimate of drug-likeness (QED) is 0.864. The molecule has 0 aromatic heterocycles. The summed E-state index contributed by atoms with van der Waals surface area (Å²) in [5, 5.41) is 0. The Balaban J connectivity index is 2.06. The number of hydrogen-bond acceptors (Lipinski definition) is 2. The van der Waals surface area contributed by atoms with Gasteiger partial charge in [-0.3, -0.25) is 0 Å². The second kappa shape index (κ2) is 6.75. The predicted molar refractivity (Wildman–Crippen MR) is 81.2 cm³/mol. The van der Waals surface area contributed by atoms with Gasteiger partial charge in [0.05, 0.1) is 10.9 Å². The molecule has 2 nitrogen and oxygen atoms in total. The molecule has 1 aliphatic rings. The van der Waals surface area contributed by atoms with Crippen LogP contribution in [0.3, 0.4) is 0 Å². The van der Waals surface area contributed by atoms with Gasteiger partial charge in [-0.2, -0.15) is 13.2 Å². The Morgan fingerprint density at radius 3 is 2.57 bits per heavy atom. The lowest BCUT2D eigenvalue weighted by Crippen LogP contribution is -2.44. The molecule has 0 spiro atoms. The van der Waals surface area contributed by atoms with Crippen molar-refractivity contribution in [3.8, 4) is 0 Å². The smallest absolute Gasteiger partial charge is 0.393 e. The summed E-state index contributed by atoms with van der Waals surface area (Å²) < 4.78 is 38.6. The molecule has 1 heterocycles. The van der Waals surface area contributed by atoms with Crippen molar-refractivity contribution in [3.63, 3.8) is 0 Å². The average Bonchev–Trinajstić information content (AvgIpc) is 2.45. The van der Waals surface area contributed by atoms with E-state index in [2.05, 4.69) is 0 Å². The van der Waals surface area contributed by atoms with Crippen LogP contribution in [0.25, 0.3) is 0 Å². The van der Waals surface area contributed by atoms with Crippen LogP contribution in [-0.4, -0.2) is 35.7 Å². The summed E-state index contributed by atoms with van der Waals surface area (Å²) in [4.78, 5) is 2.16. The number of nitrogens with zero attached hydrogens (tertiary/aromatic N) is 1. The van der Waals surface area contributed by atoms with E-state index in [-0.39, 0.29) is 18.9 Å². The van der Waals surface area contributed by atoms with Crippen molar-refractivity contribution in [2.45, 2.75) is 24.9 Å². The highest BCUT2D eigenvalue weighted by molar-refractivity contribution is 7.80. The Hall–Kier alpha value is -1.14. The minimum Gasteiger partial charge on any atom is -0.393 e. The van der Waals surface area contributed by atoms with Crippen molar-refractivity contribution in [1.29, 1.82) is 0 Å². The van der Waals surface area contributed by atoms with E-state index in [1.807, 2.05) is 35.2 Å². The first-order valence-corrected chi connectivity index (χ1v) is 7.42. The third-order valence-electron chi connectivity index (χ3n) is 3.95. The molecule has 1 saturated heterocycles. The van der Waals surface area contributed by atoms with Gasteiger partial charge >= 0.3 is 6.18 Å². The molecule has 0 amide bonds. The van der Waals surface area contributed by atoms with E-state index in [9.17, 15) is 13.2 Å². The van der Waals surface area contributed by atoms with Crippen molar-refractivity contribution >= 4 is 17.2 Å². The molecule has 2 unspecified atom stereocenters. The summed E-state index contributed by atoms with van der Waals surface area (Å²) in [5.41, 5.74) is 6.75. The molecule has 2 atom stereocenters. The molecule has 0 aliphatic carbocycles. The van der Waals surface area contributed by atoms with Crippen LogP contribution in [0.5, 0.6) is 0 Å². The maximum absolute atomic E-state index is 12.9. The lowest BCUT2D eigenvalue weighted by molar-refractivity contribution is -0.186. The molecule has 0 saturated carbocycles. The van der Waals surface area contributed by atoms with Gasteiger partial charge < -0.3 is 10.6 Å². The highest BCUT2D eigenvalue weighted by atomic mass is 32.1. The van der Waals surface area contributed by atoms with Crippen LogP contribution >= 0.6 is 12.2 Å². The Kier molecular flexibility index (Phi) is 5.22. The number of piperidine rings is 1. The summed E-state index contributed by atoms with van der Waals surface area (Å²) in [6.07, 6.45) is -3.35. The van der Waals surface area contributed by atoms with Gasteiger partial charge in [-0.05, 0) is 24.9 Å². The number of hydrogen-bond donors (Lipinski definition) is 1. The minimum atomic E-state index is -4.12. The molecule has 1 aromatic rings. The Morgan fingerprint density at radius 2 is 2.00 bits per heavy atom. The summed E-state index contributed by atoms with van der Waals surface area (Å²) in [5.74, 6) is -1.44. The van der Waals surface area contributed by atoms with Crippen LogP contribution in [0, 0.1) is 5.92 Å². The molecule has 1 aliphatic heterocycles. The van der Waals surface area contributed by atoms with Crippen molar-refractivity contribution in [2.24, 2.45) is 11.7 Å². The van der Waals surface area contributed by atoms with Crippen LogP contribution < -0.4 is 5.73 Å². The van der Waals surface area contributed by atoms with E-state index < -0.39 is 12.1 Å². The zero-order chi connectivity index (χ0) is 15.5. The third-order valence-corrected chi connectivity index (χ3v) is 4.24. The first-order chi connectivity index (χ1) is 9.88. The Morgan fingerprint density at radius 1 is 1.33 bits per heavy atom. The number of thiocarbonyl (C=S) groups is 1. The van der Waals surface area contributed by atoms with E-state index in [4.69, 9.17) is 18.0 Å². The van der Waals surface area contributed by atoms with E-state index in [1.165, 1.54) is 0 Å². The minimum absolute atomic E-state index is 0.0371. The molecular weight excluding hydrogens is 297 g/mol. The number of benzene rings is 1. The molecule has 0 radical (unpaired) electrons. The second-order valence-corrected chi connectivity index (χ2v) is 5.98. The predicted octanol–water partition coefficient (Wildman–Crippen LogP) is 3.33. The topological polar surface area (TPSA) is 29.3 Å². The summed E-state index contributed by atoms with van der Waals surface area (Å²) >= 11 is 5.10. The van der Waals surface area contributed by atoms with Crippen LogP contribution in [0.1, 0.15) is 24.3 Å². The van der Waals surface area contributed by atoms with Gasteiger partial charge in [-0.1, -0.05) is 42.5 Å². The normalized spacial score (nSPS) is 22.0. The second-order valence-electron chi connectivity index (χ2n) is 5.51. The molecule has 0 bridgehead atoms. The highest BCUT2D eigenvalue weighted by Crippen LogP contribution is 2.33. The molecule has 1 fully saturated rings. The third kappa shape index (κ3) is 4.41. The largest absolute Gasteiger partial charge is 0.393 e. The zero-order valence-electron chi connectivity index (χ0n) is 11.6. The molecule has 116 valence electrons. The monoisotopic (exact) mass is 316 g/mol. The first-order valence-electron chi connectivity index (χ1n) is 7.01. The van der Waals surface area contributed by atoms with E-state index in [1.54, 1.807) is 0 Å². The number of likely N-dealkylation sites (tertiary alicyclic amines) is 1. The number of halogens is 3. The van der Waals surface area contributed by atoms with Gasteiger partial charge in [-0.25, -0.2) is 0 Å². The van der Waals surface area contributed by atoms with Gasteiger partial charge in [0.25, 0.3) is 0 Å². The van der Waals surface area contributed by atoms with Crippen LogP contribution in [0.4, 0.5) is 13.2 Å². The first kappa shape index (κ1) is 16.2. The van der Waals surface area contributed by atoms with E-state index >= 15 is 0 Å². The summed E-state index contributed by atoms with van der Waals surface area (Å²) in [6.45, 7) is 1.15. The fourth-order valence-electron chi connectivity index (χ4n) is 2.79. The SMILES string of the molecule is NC(=S)C(CN1CCCC(C(F)(F)F)C1)c1ccccc1. The number of rotatable bonds is 4. The molecule has 1 aromatic carbocycles. The van der Waals surface area contributed by atoms with Gasteiger partial charge in [0, 0.05) is 19.0 Å². The molecule has 2 rings (SSSR count). The van der Waals surface area contributed by atoms with E-state index in [0.717, 1.165) is 5.56 Å². The molecule has 6 heteroatoms. The average molecular weight is 316 g/mol. The van der Waals surface area contributed by atoms with Crippen LogP contribution in [-0.2, 0) is 0 Å². The maximum Gasteiger partial charge on any atom is 0.393 e. The van der Waals surface area contributed by atoms with E-state index in [0.29, 0.717) is 24.5 Å². The van der Waals surface area contributed by atoms with Crippen molar-refractivity contribution < 1.29 is 13.2 Å². The van der Waals surface area contributed by atoms with Gasteiger partial charge in [0.15, 0.2) is 0 Å². The van der Waals surface area contributed by atoms with Crippen molar-refractivity contribution in [3.05, 3.63) is 35.9 Å². The van der Waals surface area contributed by atoms with Crippen molar-refractivity contribution in [1.82, 2.24) is 4.90 Å². The zero-order valence-corrected chi connectivity index (χ0v) is 12.5. The summed E-state index contributed by atoms with van der Waals surface area (Å²) in [6, 6.07) is 9.48. The van der Waals surface area contributed by atoms with Crippen molar-refractivity contribution in [2.75, 3.05) is 19.6 Å². The lowest BCUT2D eigenvalue weighted by atomic mass is 9.94. The van der Waals surface area contributed by atoms with Gasteiger partial charge in [-0.15, -0.1) is 0 Å². The number of nitrogens with two attached hydrogens (primary N) is 1. The van der Waals surface area contributed by atoms with Gasteiger partial charge in [0.2, 0.25) is 0 Å². The lowest BCUT2D eigenvalue weighted by Gasteiger charge is -2.35. The highest BCUT2D eigenvalue weighted by Gasteiger charge is 2.42. The maximum atomic E-state index is 12.9. The molecule has 21 heavy (non-hydrogen) atoms. The van der Waals surface area contributed by atoms with Crippen LogP contribution in [0.2, 0.25) is 0 Å². The number of alkyl halides is 3. The molecule has 2 N–H and O–H groups in total. The Bertz CT molecular complexity index is 476. The summed E-state index contributed by atoms with van der Waals surface area (Å²) in [7, 11) is 0. The van der Waals surface area contributed by atoms with Gasteiger partial charge in [0.1, 0.15) is 0 Å². The molecular formula is C15H19F3N2S. The fraction of sp³-hybridized carbons (Fsp3) is 0.533.